The van der Waals surface area contributed by atoms with Crippen molar-refractivity contribution in [1.82, 2.24) is 5.32 Å². The summed E-state index contributed by atoms with van der Waals surface area (Å²) in [5.74, 6) is 1.12. The minimum Gasteiger partial charge on any atom is -0.492 e. The molecule has 0 heterocycles. The third-order valence-corrected chi connectivity index (χ3v) is 5.07. The van der Waals surface area contributed by atoms with E-state index in [1.807, 2.05) is 20.8 Å². The van der Waals surface area contributed by atoms with Gasteiger partial charge in [0, 0.05) is 6.54 Å². The second-order valence-electron chi connectivity index (χ2n) is 5.34. The summed E-state index contributed by atoms with van der Waals surface area (Å²) in [4.78, 5) is 0. The summed E-state index contributed by atoms with van der Waals surface area (Å²) < 4.78 is 29.1. The molecule has 1 aromatic carbocycles. The van der Waals surface area contributed by atoms with Crippen LogP contribution in [0.1, 0.15) is 37.0 Å². The molecule has 0 fully saturated rings. The van der Waals surface area contributed by atoms with Crippen LogP contribution < -0.4 is 10.1 Å². The molecule has 5 heteroatoms. The molecule has 0 aliphatic heterocycles. The zero-order valence-corrected chi connectivity index (χ0v) is 14.3. The molecule has 0 spiro atoms. The van der Waals surface area contributed by atoms with Gasteiger partial charge in [0.1, 0.15) is 12.4 Å². The van der Waals surface area contributed by atoms with E-state index in [9.17, 15) is 8.42 Å². The van der Waals surface area contributed by atoms with E-state index >= 15 is 0 Å². The van der Waals surface area contributed by atoms with E-state index in [0.29, 0.717) is 6.42 Å². The van der Waals surface area contributed by atoms with Crippen LogP contribution in [-0.2, 0) is 16.4 Å². The third-order valence-electron chi connectivity index (χ3n) is 3.26. The van der Waals surface area contributed by atoms with Gasteiger partial charge in [-0.15, -0.1) is 0 Å². The van der Waals surface area contributed by atoms with Crippen LogP contribution in [0.5, 0.6) is 5.75 Å². The van der Waals surface area contributed by atoms with Gasteiger partial charge in [-0.2, -0.15) is 0 Å². The number of nitrogens with one attached hydrogen (secondary N) is 1. The van der Waals surface area contributed by atoms with Crippen LogP contribution >= 0.6 is 0 Å². The van der Waals surface area contributed by atoms with Crippen molar-refractivity contribution in [3.8, 4) is 5.75 Å². The van der Waals surface area contributed by atoms with Crippen LogP contribution in [0, 0.1) is 13.8 Å². The average Bonchev–Trinajstić information content (AvgIpc) is 2.39. The molecule has 0 aromatic heterocycles. The lowest BCUT2D eigenvalue weighted by atomic mass is 10.1. The second-order valence-corrected chi connectivity index (χ2v) is 7.64. The number of rotatable bonds is 9. The molecular formula is C16H27NO3S. The summed E-state index contributed by atoms with van der Waals surface area (Å²) in [5, 5.41) is 3.30. The number of hydrogen-bond donors (Lipinski definition) is 1. The lowest BCUT2D eigenvalue weighted by molar-refractivity contribution is 0.336. The van der Waals surface area contributed by atoms with Gasteiger partial charge in [-0.3, -0.25) is 0 Å². The van der Waals surface area contributed by atoms with E-state index < -0.39 is 9.84 Å². The fourth-order valence-electron chi connectivity index (χ4n) is 2.32. The van der Waals surface area contributed by atoms with Gasteiger partial charge < -0.3 is 10.1 Å². The van der Waals surface area contributed by atoms with E-state index in [0.717, 1.165) is 30.0 Å². The normalized spacial score (nSPS) is 11.6. The maximum Gasteiger partial charge on any atom is 0.153 e. The molecule has 0 aliphatic rings. The molecule has 0 bridgehead atoms. The van der Waals surface area contributed by atoms with Gasteiger partial charge in [0.05, 0.1) is 11.5 Å². The molecule has 0 saturated carbocycles. The first-order valence-electron chi connectivity index (χ1n) is 7.53. The molecule has 0 saturated heterocycles. The number of ether oxygens (including phenoxy) is 1. The van der Waals surface area contributed by atoms with Crippen molar-refractivity contribution < 1.29 is 13.2 Å². The first-order chi connectivity index (χ1) is 9.89. The third kappa shape index (κ3) is 6.06. The molecule has 0 unspecified atom stereocenters. The molecule has 0 atom stereocenters. The Kier molecular flexibility index (Phi) is 7.18. The second kappa shape index (κ2) is 8.39. The standard InChI is InChI=1S/C16H27NO3S/c1-5-8-21(18,19)9-7-20-16-13(3)10-15(11-14(16)4)12-17-6-2/h10-11,17H,5-9,12H2,1-4H3. The summed E-state index contributed by atoms with van der Waals surface area (Å²) in [6, 6.07) is 4.18. The summed E-state index contributed by atoms with van der Waals surface area (Å²) in [6.07, 6.45) is 0.652. The van der Waals surface area contributed by atoms with E-state index in [2.05, 4.69) is 24.4 Å². The van der Waals surface area contributed by atoms with Crippen molar-refractivity contribution in [1.29, 1.82) is 0 Å². The Morgan fingerprint density at radius 2 is 1.71 bits per heavy atom. The minimum atomic E-state index is -2.98. The first-order valence-corrected chi connectivity index (χ1v) is 9.35. The molecular weight excluding hydrogens is 286 g/mol. The van der Waals surface area contributed by atoms with E-state index in [-0.39, 0.29) is 18.1 Å². The Hall–Kier alpha value is -1.07. The van der Waals surface area contributed by atoms with Crippen LogP contribution in [0.15, 0.2) is 12.1 Å². The predicted octanol–water partition coefficient (Wildman–Crippen LogP) is 2.62. The topological polar surface area (TPSA) is 55.4 Å². The van der Waals surface area contributed by atoms with Crippen molar-refractivity contribution in [3.63, 3.8) is 0 Å². The largest absolute Gasteiger partial charge is 0.492 e. The lowest BCUT2D eigenvalue weighted by Gasteiger charge is -2.14. The van der Waals surface area contributed by atoms with Crippen molar-refractivity contribution >= 4 is 9.84 Å². The highest BCUT2D eigenvalue weighted by atomic mass is 32.2. The summed E-state index contributed by atoms with van der Waals surface area (Å²) in [5.41, 5.74) is 3.32. The SMILES string of the molecule is CCCS(=O)(=O)CCOc1c(C)cc(CNCC)cc1C. The van der Waals surface area contributed by atoms with Crippen LogP contribution in [0.4, 0.5) is 0 Å². The minimum absolute atomic E-state index is 0.0822. The number of benzene rings is 1. The quantitative estimate of drug-likeness (QED) is 0.761. The van der Waals surface area contributed by atoms with Gasteiger partial charge in [-0.25, -0.2) is 8.42 Å². The van der Waals surface area contributed by atoms with Crippen molar-refractivity contribution in [2.24, 2.45) is 0 Å². The Labute approximate surface area is 128 Å². The zero-order chi connectivity index (χ0) is 15.9. The molecule has 21 heavy (non-hydrogen) atoms. The van der Waals surface area contributed by atoms with Crippen molar-refractivity contribution in [2.45, 2.75) is 40.7 Å². The molecule has 4 nitrogen and oxygen atoms in total. The molecule has 1 rings (SSSR count). The monoisotopic (exact) mass is 313 g/mol. The average molecular weight is 313 g/mol. The lowest BCUT2D eigenvalue weighted by Crippen LogP contribution is -2.17. The highest BCUT2D eigenvalue weighted by molar-refractivity contribution is 7.91. The van der Waals surface area contributed by atoms with Crippen LogP contribution in [-0.4, -0.2) is 33.1 Å². The molecule has 0 amide bonds. The predicted molar refractivity (Wildman–Crippen MR) is 87.7 cm³/mol. The maximum atomic E-state index is 11.7. The van der Waals surface area contributed by atoms with Crippen molar-refractivity contribution in [3.05, 3.63) is 28.8 Å². The smallest absolute Gasteiger partial charge is 0.153 e. The molecule has 0 radical (unpaired) electrons. The number of sulfone groups is 1. The van der Waals surface area contributed by atoms with E-state index in [1.54, 1.807) is 0 Å². The van der Waals surface area contributed by atoms with E-state index in [4.69, 9.17) is 4.74 Å². The van der Waals surface area contributed by atoms with Gasteiger partial charge in [-0.05, 0) is 43.5 Å². The highest BCUT2D eigenvalue weighted by Gasteiger charge is 2.11. The maximum absolute atomic E-state index is 11.7. The van der Waals surface area contributed by atoms with Gasteiger partial charge in [0.15, 0.2) is 9.84 Å². The van der Waals surface area contributed by atoms with Crippen LogP contribution in [0.25, 0.3) is 0 Å². The molecule has 1 N–H and O–H groups in total. The molecule has 0 aliphatic carbocycles. The molecule has 120 valence electrons. The fraction of sp³-hybridized carbons (Fsp3) is 0.625. The summed E-state index contributed by atoms with van der Waals surface area (Å²) in [6.45, 7) is 9.94. The van der Waals surface area contributed by atoms with Gasteiger partial charge in [-0.1, -0.05) is 26.0 Å². The Bertz CT molecular complexity index is 530. The Morgan fingerprint density at radius 1 is 1.10 bits per heavy atom. The van der Waals surface area contributed by atoms with Crippen LogP contribution in [0.3, 0.4) is 0 Å². The van der Waals surface area contributed by atoms with Crippen LogP contribution in [0.2, 0.25) is 0 Å². The van der Waals surface area contributed by atoms with Gasteiger partial charge in [0.2, 0.25) is 0 Å². The Balaban J connectivity index is 2.67. The number of hydrogen-bond acceptors (Lipinski definition) is 4. The number of aryl methyl sites for hydroxylation is 2. The fourth-order valence-corrected chi connectivity index (χ4v) is 3.49. The first kappa shape index (κ1) is 18.0. The van der Waals surface area contributed by atoms with Crippen molar-refractivity contribution in [2.75, 3.05) is 24.7 Å². The van der Waals surface area contributed by atoms with Gasteiger partial charge >= 0.3 is 0 Å². The van der Waals surface area contributed by atoms with E-state index in [1.165, 1.54) is 5.56 Å². The summed E-state index contributed by atoms with van der Waals surface area (Å²) in [7, 11) is -2.98. The zero-order valence-electron chi connectivity index (χ0n) is 13.5. The highest BCUT2D eigenvalue weighted by Crippen LogP contribution is 2.24. The Morgan fingerprint density at radius 3 is 2.24 bits per heavy atom. The molecule has 1 aromatic rings. The van der Waals surface area contributed by atoms with Gasteiger partial charge in [0.25, 0.3) is 0 Å². The summed E-state index contributed by atoms with van der Waals surface area (Å²) >= 11 is 0.